The van der Waals surface area contributed by atoms with E-state index in [0.717, 1.165) is 0 Å². The van der Waals surface area contributed by atoms with Gasteiger partial charge in [0, 0.05) is 6.07 Å². The van der Waals surface area contributed by atoms with Gasteiger partial charge in [-0.1, -0.05) is 17.3 Å². The second kappa shape index (κ2) is 4.35. The first-order valence-electron chi connectivity index (χ1n) is 4.52. The van der Waals surface area contributed by atoms with E-state index >= 15 is 0 Å². The van der Waals surface area contributed by atoms with E-state index in [9.17, 15) is 9.90 Å². The zero-order valence-electron chi connectivity index (χ0n) is 8.18. The number of hydrogen-bond acceptors (Lipinski definition) is 4. The number of rotatable bonds is 2. The molecular weight excluding hydrogens is 210 g/mol. The van der Waals surface area contributed by atoms with Gasteiger partial charge in [-0.15, -0.1) is 0 Å². The number of benzene rings is 1. The summed E-state index contributed by atoms with van der Waals surface area (Å²) >= 11 is 0. The lowest BCUT2D eigenvalue weighted by Gasteiger charge is -2.06. The molecule has 16 heavy (non-hydrogen) atoms. The number of hydrogen-bond donors (Lipinski definition) is 3. The minimum Gasteiger partial charge on any atom is -0.506 e. The summed E-state index contributed by atoms with van der Waals surface area (Å²) in [4.78, 5) is 11.4. The predicted molar refractivity (Wildman–Crippen MR) is 57.3 cm³/mol. The first kappa shape index (κ1) is 10.0. The van der Waals surface area contributed by atoms with Crippen LogP contribution in [0, 0.1) is 0 Å². The second-order valence-electron chi connectivity index (χ2n) is 2.97. The van der Waals surface area contributed by atoms with Crippen LogP contribution >= 0.6 is 0 Å². The van der Waals surface area contributed by atoms with E-state index < -0.39 is 6.03 Å². The lowest BCUT2D eigenvalue weighted by molar-refractivity contribution is 0.261. The van der Waals surface area contributed by atoms with Crippen LogP contribution < -0.4 is 10.6 Å². The number of nitrogens with zero attached hydrogens (tertiary/aromatic N) is 1. The van der Waals surface area contributed by atoms with Gasteiger partial charge in [0.15, 0.2) is 0 Å². The van der Waals surface area contributed by atoms with Crippen LogP contribution in [0.25, 0.3) is 0 Å². The fourth-order valence-corrected chi connectivity index (χ4v) is 1.13. The van der Waals surface area contributed by atoms with Crippen molar-refractivity contribution in [2.24, 2.45) is 0 Å². The molecule has 0 aliphatic carbocycles. The van der Waals surface area contributed by atoms with Gasteiger partial charge >= 0.3 is 6.03 Å². The summed E-state index contributed by atoms with van der Waals surface area (Å²) in [6.07, 6.45) is 1.41. The highest BCUT2D eigenvalue weighted by Gasteiger charge is 2.06. The highest BCUT2D eigenvalue weighted by Crippen LogP contribution is 2.21. The summed E-state index contributed by atoms with van der Waals surface area (Å²) in [5.74, 6) is 0.225. The molecule has 1 aromatic heterocycles. The minimum atomic E-state index is -0.516. The third kappa shape index (κ3) is 2.30. The van der Waals surface area contributed by atoms with Gasteiger partial charge < -0.3 is 14.9 Å². The summed E-state index contributed by atoms with van der Waals surface area (Å²) in [6, 6.07) is 7.40. The minimum absolute atomic E-state index is 0.00443. The van der Waals surface area contributed by atoms with E-state index in [1.165, 1.54) is 18.3 Å². The van der Waals surface area contributed by atoms with Gasteiger partial charge in [0.2, 0.25) is 5.88 Å². The SMILES string of the molecule is O=C(Nc1ccno1)Nc1ccccc1O. The average molecular weight is 219 g/mol. The monoisotopic (exact) mass is 219 g/mol. The predicted octanol–water partition coefficient (Wildman–Crippen LogP) is 2.02. The Morgan fingerprint density at radius 3 is 2.75 bits per heavy atom. The summed E-state index contributed by atoms with van der Waals surface area (Å²) in [6.45, 7) is 0. The molecule has 6 nitrogen and oxygen atoms in total. The molecule has 0 aliphatic rings. The first-order chi connectivity index (χ1) is 7.75. The molecule has 0 fully saturated rings. The number of nitrogens with one attached hydrogen (secondary N) is 2. The number of amides is 2. The summed E-state index contributed by atoms with van der Waals surface area (Å²) in [5.41, 5.74) is 0.319. The quantitative estimate of drug-likeness (QED) is 0.674. The van der Waals surface area contributed by atoms with Gasteiger partial charge in [0.05, 0.1) is 11.9 Å². The summed E-state index contributed by atoms with van der Waals surface area (Å²) < 4.78 is 4.69. The Morgan fingerprint density at radius 2 is 2.06 bits per heavy atom. The lowest BCUT2D eigenvalue weighted by Crippen LogP contribution is -2.19. The van der Waals surface area contributed by atoms with Gasteiger partial charge in [-0.3, -0.25) is 5.32 Å². The Hall–Kier alpha value is -2.50. The van der Waals surface area contributed by atoms with Gasteiger partial charge in [-0.25, -0.2) is 4.79 Å². The Kier molecular flexibility index (Phi) is 2.73. The van der Waals surface area contributed by atoms with Crippen molar-refractivity contribution in [2.75, 3.05) is 10.6 Å². The van der Waals surface area contributed by atoms with Crippen molar-refractivity contribution in [3.8, 4) is 5.75 Å². The van der Waals surface area contributed by atoms with Crippen molar-refractivity contribution in [3.63, 3.8) is 0 Å². The molecule has 82 valence electrons. The fraction of sp³-hybridized carbons (Fsp3) is 0. The number of aromatic hydroxyl groups is 1. The second-order valence-corrected chi connectivity index (χ2v) is 2.97. The van der Waals surface area contributed by atoms with Crippen LogP contribution in [0.2, 0.25) is 0 Å². The van der Waals surface area contributed by atoms with Crippen molar-refractivity contribution >= 4 is 17.6 Å². The van der Waals surface area contributed by atoms with Crippen molar-refractivity contribution in [1.82, 2.24) is 5.16 Å². The largest absolute Gasteiger partial charge is 0.506 e. The molecule has 2 aromatic rings. The number of anilines is 2. The van der Waals surface area contributed by atoms with Gasteiger partial charge in [0.1, 0.15) is 5.75 Å². The highest BCUT2D eigenvalue weighted by molar-refractivity contribution is 5.99. The Labute approximate surface area is 90.9 Å². The first-order valence-corrected chi connectivity index (χ1v) is 4.52. The van der Waals surface area contributed by atoms with Crippen molar-refractivity contribution in [3.05, 3.63) is 36.5 Å². The number of urea groups is 1. The maximum absolute atomic E-state index is 11.4. The summed E-state index contributed by atoms with van der Waals surface area (Å²) in [5, 5.41) is 17.7. The maximum atomic E-state index is 11.4. The number of phenols is 1. The molecule has 2 rings (SSSR count). The maximum Gasteiger partial charge on any atom is 0.326 e. The number of aromatic nitrogens is 1. The molecule has 1 aromatic carbocycles. The van der Waals surface area contributed by atoms with E-state index in [4.69, 9.17) is 0 Å². The van der Waals surface area contributed by atoms with E-state index in [0.29, 0.717) is 5.69 Å². The molecule has 0 spiro atoms. The van der Waals surface area contributed by atoms with Crippen LogP contribution in [0.5, 0.6) is 5.75 Å². The number of carbonyl (C=O) groups is 1. The van der Waals surface area contributed by atoms with Gasteiger partial charge in [-0.2, -0.15) is 0 Å². The van der Waals surface area contributed by atoms with E-state index in [1.54, 1.807) is 18.2 Å². The number of carbonyl (C=O) groups excluding carboxylic acids is 1. The Balaban J connectivity index is 2.00. The third-order valence-electron chi connectivity index (χ3n) is 1.83. The molecule has 0 aliphatic heterocycles. The fourth-order valence-electron chi connectivity index (χ4n) is 1.13. The normalized spacial score (nSPS) is 9.75. The standard InChI is InChI=1S/C10H9N3O3/c14-8-4-2-1-3-7(8)12-10(15)13-9-5-6-11-16-9/h1-6,14H,(H2,12,13,15). The van der Waals surface area contributed by atoms with Crippen LogP contribution in [0.4, 0.5) is 16.4 Å². The van der Waals surface area contributed by atoms with Gasteiger partial charge in [0.25, 0.3) is 0 Å². The number of para-hydroxylation sites is 2. The van der Waals surface area contributed by atoms with E-state index in [-0.39, 0.29) is 11.6 Å². The zero-order chi connectivity index (χ0) is 11.4. The van der Waals surface area contributed by atoms with Crippen LogP contribution in [0.3, 0.4) is 0 Å². The molecule has 0 atom stereocenters. The Morgan fingerprint density at radius 1 is 1.25 bits per heavy atom. The third-order valence-corrected chi connectivity index (χ3v) is 1.83. The topological polar surface area (TPSA) is 87.4 Å². The molecule has 0 saturated heterocycles. The van der Waals surface area contributed by atoms with E-state index in [2.05, 4.69) is 20.3 Å². The molecule has 6 heteroatoms. The van der Waals surface area contributed by atoms with Gasteiger partial charge in [-0.05, 0) is 12.1 Å². The molecule has 2 amide bonds. The smallest absolute Gasteiger partial charge is 0.326 e. The molecule has 0 saturated carbocycles. The molecule has 0 unspecified atom stereocenters. The molecule has 3 N–H and O–H groups in total. The highest BCUT2D eigenvalue weighted by atomic mass is 16.5. The van der Waals surface area contributed by atoms with Crippen molar-refractivity contribution < 1.29 is 14.4 Å². The van der Waals surface area contributed by atoms with Crippen molar-refractivity contribution in [2.45, 2.75) is 0 Å². The van der Waals surface area contributed by atoms with Crippen molar-refractivity contribution in [1.29, 1.82) is 0 Å². The molecule has 0 bridgehead atoms. The zero-order valence-corrected chi connectivity index (χ0v) is 8.18. The van der Waals surface area contributed by atoms with Crippen LogP contribution in [-0.4, -0.2) is 16.3 Å². The van der Waals surface area contributed by atoms with Crippen LogP contribution in [0.1, 0.15) is 0 Å². The van der Waals surface area contributed by atoms with Crippen LogP contribution in [0.15, 0.2) is 41.1 Å². The average Bonchev–Trinajstić information content (AvgIpc) is 2.74. The molecule has 1 heterocycles. The van der Waals surface area contributed by atoms with E-state index in [1.807, 2.05) is 0 Å². The molecule has 0 radical (unpaired) electrons. The lowest BCUT2D eigenvalue weighted by atomic mass is 10.3. The number of phenolic OH excluding ortho intramolecular Hbond substituents is 1. The van der Waals surface area contributed by atoms with Crippen LogP contribution in [-0.2, 0) is 0 Å². The Bertz CT molecular complexity index is 482. The molecular formula is C10H9N3O3. The summed E-state index contributed by atoms with van der Waals surface area (Å²) in [7, 11) is 0.